The van der Waals surface area contributed by atoms with Gasteiger partial charge >= 0.3 is 5.97 Å². The summed E-state index contributed by atoms with van der Waals surface area (Å²) in [4.78, 5) is 11.6. The molecule has 0 bridgehead atoms. The second-order valence-corrected chi connectivity index (χ2v) is 5.02. The normalized spacial score (nSPS) is 10.0. The van der Waals surface area contributed by atoms with E-state index in [1.165, 1.54) is 0 Å². The third-order valence-electron chi connectivity index (χ3n) is 3.44. The van der Waals surface area contributed by atoms with E-state index in [1.807, 2.05) is 37.3 Å². The van der Waals surface area contributed by atoms with Gasteiger partial charge in [0.1, 0.15) is 5.75 Å². The number of ether oxygens (including phenoxy) is 2. The van der Waals surface area contributed by atoms with Gasteiger partial charge in [-0.3, -0.25) is 0 Å². The first-order valence-corrected chi connectivity index (χ1v) is 7.24. The van der Waals surface area contributed by atoms with Crippen molar-refractivity contribution in [3.05, 3.63) is 53.3 Å². The van der Waals surface area contributed by atoms with E-state index in [0.29, 0.717) is 12.2 Å². The lowest BCUT2D eigenvalue weighted by atomic mass is 10.0. The van der Waals surface area contributed by atoms with Gasteiger partial charge in [0.05, 0.1) is 19.3 Å². The molecule has 0 unspecified atom stereocenters. The van der Waals surface area contributed by atoms with E-state index in [-0.39, 0.29) is 5.97 Å². The number of fused-ring (bicyclic) bond motifs is 1. The Bertz CT molecular complexity index is 765. The molecule has 0 aliphatic rings. The molecule has 3 heteroatoms. The summed E-state index contributed by atoms with van der Waals surface area (Å²) < 4.78 is 10.2. The van der Waals surface area contributed by atoms with Crippen LogP contribution in [0.1, 0.15) is 26.3 Å². The molecule has 0 atom stereocenters. The van der Waals surface area contributed by atoms with Gasteiger partial charge in [-0.15, -0.1) is 5.73 Å². The Morgan fingerprint density at radius 2 is 1.77 bits per heavy atom. The van der Waals surface area contributed by atoms with Crippen molar-refractivity contribution in [2.24, 2.45) is 0 Å². The summed E-state index contributed by atoms with van der Waals surface area (Å²) in [6.45, 7) is 5.81. The molecular formula is C19H20O3. The number of hydrogen-bond donors (Lipinski definition) is 0. The van der Waals surface area contributed by atoms with Gasteiger partial charge in [0.15, 0.2) is 0 Å². The van der Waals surface area contributed by atoms with Crippen LogP contribution >= 0.6 is 0 Å². The predicted molar refractivity (Wildman–Crippen MR) is 88.9 cm³/mol. The van der Waals surface area contributed by atoms with Crippen LogP contribution < -0.4 is 4.74 Å². The molecule has 0 spiro atoms. The Morgan fingerprint density at radius 3 is 2.45 bits per heavy atom. The van der Waals surface area contributed by atoms with Crippen molar-refractivity contribution in [3.63, 3.8) is 0 Å². The fourth-order valence-electron chi connectivity index (χ4n) is 2.23. The predicted octanol–water partition coefficient (Wildman–Crippen LogP) is 4.36. The lowest BCUT2D eigenvalue weighted by Crippen LogP contribution is -2.04. The second kappa shape index (κ2) is 6.97. The van der Waals surface area contributed by atoms with E-state index in [4.69, 9.17) is 9.47 Å². The van der Waals surface area contributed by atoms with Gasteiger partial charge in [0, 0.05) is 0 Å². The largest absolute Gasteiger partial charge is 0.497 e. The third-order valence-corrected chi connectivity index (χ3v) is 3.44. The Balaban J connectivity index is 2.42. The van der Waals surface area contributed by atoms with Crippen LogP contribution in [-0.4, -0.2) is 19.7 Å². The molecule has 22 heavy (non-hydrogen) atoms. The Hall–Kier alpha value is -2.51. The molecule has 0 heterocycles. The average molecular weight is 296 g/mol. The molecule has 0 fully saturated rings. The standard InChI is InChI=1S/C19H20O3/c1-5-22-19(20)14(3)10-13(2)15-6-7-17-12-18(21-4)9-8-16(17)11-15/h6-9,11-12H,5H2,1-4H3. The summed E-state index contributed by atoms with van der Waals surface area (Å²) in [5.74, 6) is 0.512. The smallest absolute Gasteiger partial charge is 0.341 e. The highest BCUT2D eigenvalue weighted by molar-refractivity contribution is 5.90. The number of rotatable bonds is 4. The topological polar surface area (TPSA) is 35.5 Å². The minimum absolute atomic E-state index is 0.327. The number of benzene rings is 2. The summed E-state index contributed by atoms with van der Waals surface area (Å²) in [5, 5.41) is 2.23. The summed E-state index contributed by atoms with van der Waals surface area (Å²) in [7, 11) is 1.66. The van der Waals surface area contributed by atoms with Crippen molar-refractivity contribution in [1.29, 1.82) is 0 Å². The van der Waals surface area contributed by atoms with Crippen molar-refractivity contribution in [2.45, 2.75) is 20.8 Å². The van der Waals surface area contributed by atoms with Crippen LogP contribution in [0.4, 0.5) is 0 Å². The van der Waals surface area contributed by atoms with Crippen LogP contribution in [0.2, 0.25) is 0 Å². The van der Waals surface area contributed by atoms with Crippen LogP contribution in [0.3, 0.4) is 0 Å². The van der Waals surface area contributed by atoms with Crippen molar-refractivity contribution in [1.82, 2.24) is 0 Å². The van der Waals surface area contributed by atoms with Crippen molar-refractivity contribution >= 4 is 22.3 Å². The number of carbonyl (C=O) groups excluding carboxylic acids is 1. The number of carbonyl (C=O) groups is 1. The molecule has 2 aromatic carbocycles. The van der Waals surface area contributed by atoms with E-state index in [1.54, 1.807) is 21.0 Å². The molecule has 0 aliphatic heterocycles. The summed E-state index contributed by atoms with van der Waals surface area (Å²) in [5.41, 5.74) is 5.52. The van der Waals surface area contributed by atoms with E-state index < -0.39 is 0 Å². The van der Waals surface area contributed by atoms with E-state index >= 15 is 0 Å². The zero-order valence-electron chi connectivity index (χ0n) is 13.4. The molecule has 114 valence electrons. The molecule has 0 saturated heterocycles. The first kappa shape index (κ1) is 15.9. The first-order valence-electron chi connectivity index (χ1n) is 7.24. The lowest BCUT2D eigenvalue weighted by Gasteiger charge is -2.05. The number of hydrogen-bond acceptors (Lipinski definition) is 3. The van der Waals surface area contributed by atoms with Gasteiger partial charge in [0.2, 0.25) is 0 Å². The van der Waals surface area contributed by atoms with Crippen LogP contribution in [0.25, 0.3) is 16.3 Å². The van der Waals surface area contributed by atoms with E-state index in [2.05, 4.69) is 11.8 Å². The van der Waals surface area contributed by atoms with Crippen LogP contribution in [-0.2, 0) is 9.53 Å². The average Bonchev–Trinajstić information content (AvgIpc) is 2.53. The molecule has 0 amide bonds. The zero-order valence-corrected chi connectivity index (χ0v) is 13.4. The highest BCUT2D eigenvalue weighted by atomic mass is 16.5. The van der Waals surface area contributed by atoms with Gasteiger partial charge < -0.3 is 9.47 Å². The zero-order chi connectivity index (χ0) is 16.1. The summed E-state index contributed by atoms with van der Waals surface area (Å²) in [6.07, 6.45) is 0. The molecule has 0 aromatic heterocycles. The van der Waals surface area contributed by atoms with E-state index in [9.17, 15) is 4.79 Å². The monoisotopic (exact) mass is 296 g/mol. The van der Waals surface area contributed by atoms with Gasteiger partial charge in [-0.25, -0.2) is 4.79 Å². The first-order chi connectivity index (χ1) is 10.5. The van der Waals surface area contributed by atoms with Crippen LogP contribution in [0.5, 0.6) is 5.75 Å². The summed E-state index contributed by atoms with van der Waals surface area (Å²) >= 11 is 0. The molecule has 3 nitrogen and oxygen atoms in total. The highest BCUT2D eigenvalue weighted by Gasteiger charge is 2.05. The maximum atomic E-state index is 11.6. The van der Waals surface area contributed by atoms with Crippen molar-refractivity contribution in [2.75, 3.05) is 13.7 Å². The highest BCUT2D eigenvalue weighted by Crippen LogP contribution is 2.24. The molecular weight excluding hydrogens is 276 g/mol. The fourth-order valence-corrected chi connectivity index (χ4v) is 2.23. The lowest BCUT2D eigenvalue weighted by molar-refractivity contribution is -0.138. The fraction of sp³-hybridized carbons (Fsp3) is 0.263. The molecule has 0 radical (unpaired) electrons. The van der Waals surface area contributed by atoms with Crippen LogP contribution in [0.15, 0.2) is 47.7 Å². The maximum absolute atomic E-state index is 11.6. The van der Waals surface area contributed by atoms with Crippen molar-refractivity contribution in [3.8, 4) is 5.75 Å². The van der Waals surface area contributed by atoms with Crippen molar-refractivity contribution < 1.29 is 14.3 Å². The van der Waals surface area contributed by atoms with Gasteiger partial charge in [-0.05, 0) is 60.9 Å². The van der Waals surface area contributed by atoms with Crippen LogP contribution in [0, 0.1) is 0 Å². The van der Waals surface area contributed by atoms with Gasteiger partial charge in [-0.2, -0.15) is 0 Å². The molecule has 0 aliphatic carbocycles. The summed E-state index contributed by atoms with van der Waals surface area (Å²) in [6, 6.07) is 12.1. The Morgan fingerprint density at radius 1 is 1.09 bits per heavy atom. The molecule has 2 aromatic rings. The molecule has 2 rings (SSSR count). The maximum Gasteiger partial charge on any atom is 0.341 e. The molecule has 0 N–H and O–H groups in total. The minimum Gasteiger partial charge on any atom is -0.497 e. The quantitative estimate of drug-likeness (QED) is 0.478. The van der Waals surface area contributed by atoms with E-state index in [0.717, 1.165) is 27.7 Å². The second-order valence-electron chi connectivity index (χ2n) is 5.02. The molecule has 0 saturated carbocycles. The van der Waals surface area contributed by atoms with Gasteiger partial charge in [-0.1, -0.05) is 18.2 Å². The number of methoxy groups -OCH3 is 1. The Labute approximate surface area is 130 Å². The Kier molecular flexibility index (Phi) is 5.03. The minimum atomic E-state index is -0.327. The third kappa shape index (κ3) is 3.57. The SMILES string of the molecule is CCOC(=O)C(C)=C=C(C)c1ccc2cc(OC)ccc2c1. The number of esters is 1. The van der Waals surface area contributed by atoms with Gasteiger partial charge in [0.25, 0.3) is 0 Å².